The zero-order valence-corrected chi connectivity index (χ0v) is 12.6. The van der Waals surface area contributed by atoms with Crippen molar-refractivity contribution >= 4 is 0 Å². The molecule has 0 amide bonds. The summed E-state index contributed by atoms with van der Waals surface area (Å²) in [7, 11) is 0. The minimum absolute atomic E-state index is 0.569. The van der Waals surface area contributed by atoms with Crippen LogP contribution >= 0.6 is 0 Å². The summed E-state index contributed by atoms with van der Waals surface area (Å²) in [4.78, 5) is 0. The second kappa shape index (κ2) is 7.69. The van der Waals surface area contributed by atoms with Crippen molar-refractivity contribution in [3.8, 4) is 0 Å². The molecule has 1 nitrogen and oxygen atoms in total. The molecule has 1 aromatic carbocycles. The van der Waals surface area contributed by atoms with Gasteiger partial charge in [-0.3, -0.25) is 0 Å². The fourth-order valence-corrected chi connectivity index (χ4v) is 3.03. The van der Waals surface area contributed by atoms with Gasteiger partial charge in [0.25, 0.3) is 0 Å². The molecular weight excluding hydrogens is 230 g/mol. The fourth-order valence-electron chi connectivity index (χ4n) is 3.03. The first-order valence-electron chi connectivity index (χ1n) is 8.16. The van der Waals surface area contributed by atoms with Gasteiger partial charge in [-0.1, -0.05) is 69.9 Å². The summed E-state index contributed by atoms with van der Waals surface area (Å²) >= 11 is 0. The fraction of sp³-hybridized carbons (Fsp3) is 0.667. The number of rotatable bonds is 9. The molecule has 0 bridgehead atoms. The second-order valence-electron chi connectivity index (χ2n) is 6.02. The lowest BCUT2D eigenvalue weighted by atomic mass is 10.00. The summed E-state index contributed by atoms with van der Waals surface area (Å²) in [6.07, 6.45) is 9.41. The maximum Gasteiger partial charge on any atom is 0.0322 e. The van der Waals surface area contributed by atoms with Crippen LogP contribution in [-0.2, 0) is 0 Å². The Kier molecular flexibility index (Phi) is 5.91. The SMILES string of the molecule is CCCCCC(NC1CC1CCC)c1ccccc1. The van der Waals surface area contributed by atoms with Gasteiger partial charge in [0.05, 0.1) is 0 Å². The van der Waals surface area contributed by atoms with Crippen molar-refractivity contribution < 1.29 is 0 Å². The maximum absolute atomic E-state index is 3.90. The normalized spacial score (nSPS) is 23.3. The lowest BCUT2D eigenvalue weighted by Crippen LogP contribution is -2.24. The molecule has 1 aromatic rings. The predicted molar refractivity (Wildman–Crippen MR) is 83.3 cm³/mol. The molecule has 1 saturated carbocycles. The van der Waals surface area contributed by atoms with E-state index in [0.717, 1.165) is 12.0 Å². The first kappa shape index (κ1) is 14.6. The largest absolute Gasteiger partial charge is 0.307 e. The molecule has 0 radical (unpaired) electrons. The van der Waals surface area contributed by atoms with Crippen LogP contribution in [0.15, 0.2) is 30.3 Å². The summed E-state index contributed by atoms with van der Waals surface area (Å²) in [5.41, 5.74) is 1.47. The zero-order chi connectivity index (χ0) is 13.5. The van der Waals surface area contributed by atoms with E-state index < -0.39 is 0 Å². The number of nitrogens with one attached hydrogen (secondary N) is 1. The molecule has 19 heavy (non-hydrogen) atoms. The number of hydrogen-bond acceptors (Lipinski definition) is 1. The highest BCUT2D eigenvalue weighted by Crippen LogP contribution is 2.37. The van der Waals surface area contributed by atoms with Gasteiger partial charge in [0.1, 0.15) is 0 Å². The molecular formula is C18H29N. The van der Waals surface area contributed by atoms with Gasteiger partial charge < -0.3 is 5.32 Å². The summed E-state index contributed by atoms with van der Waals surface area (Å²) in [5.74, 6) is 0.947. The third kappa shape index (κ3) is 4.65. The van der Waals surface area contributed by atoms with E-state index in [0.29, 0.717) is 6.04 Å². The van der Waals surface area contributed by atoms with Gasteiger partial charge in [-0.05, 0) is 30.7 Å². The van der Waals surface area contributed by atoms with Crippen molar-refractivity contribution in [2.75, 3.05) is 0 Å². The minimum atomic E-state index is 0.569. The van der Waals surface area contributed by atoms with Crippen LogP contribution in [0.1, 0.15) is 70.4 Å². The van der Waals surface area contributed by atoms with Crippen LogP contribution in [0.3, 0.4) is 0 Å². The van der Waals surface area contributed by atoms with Crippen LogP contribution in [0.2, 0.25) is 0 Å². The van der Waals surface area contributed by atoms with Crippen LogP contribution in [0.4, 0.5) is 0 Å². The van der Waals surface area contributed by atoms with Gasteiger partial charge in [0.15, 0.2) is 0 Å². The lowest BCUT2D eigenvalue weighted by Gasteiger charge is -2.19. The molecule has 1 N–H and O–H groups in total. The zero-order valence-electron chi connectivity index (χ0n) is 12.6. The van der Waals surface area contributed by atoms with Crippen molar-refractivity contribution in [3.05, 3.63) is 35.9 Å². The Morgan fingerprint density at radius 2 is 1.89 bits per heavy atom. The van der Waals surface area contributed by atoms with Gasteiger partial charge in [0, 0.05) is 12.1 Å². The van der Waals surface area contributed by atoms with Crippen LogP contribution in [0.5, 0.6) is 0 Å². The van der Waals surface area contributed by atoms with E-state index >= 15 is 0 Å². The van der Waals surface area contributed by atoms with E-state index in [1.54, 1.807) is 0 Å². The Morgan fingerprint density at radius 3 is 2.58 bits per heavy atom. The summed E-state index contributed by atoms with van der Waals surface area (Å²) in [5, 5.41) is 3.90. The van der Waals surface area contributed by atoms with Crippen molar-refractivity contribution in [1.29, 1.82) is 0 Å². The van der Waals surface area contributed by atoms with Crippen LogP contribution < -0.4 is 5.32 Å². The maximum atomic E-state index is 3.90. The predicted octanol–water partition coefficient (Wildman–Crippen LogP) is 5.09. The highest BCUT2D eigenvalue weighted by atomic mass is 15.0. The second-order valence-corrected chi connectivity index (χ2v) is 6.02. The highest BCUT2D eigenvalue weighted by molar-refractivity contribution is 5.19. The molecule has 3 atom stereocenters. The Bertz CT molecular complexity index is 346. The number of benzene rings is 1. The molecule has 0 heterocycles. The van der Waals surface area contributed by atoms with Crippen LogP contribution in [-0.4, -0.2) is 6.04 Å². The average Bonchev–Trinajstić information content (AvgIpc) is 3.17. The molecule has 0 aliphatic heterocycles. The van der Waals surface area contributed by atoms with E-state index in [1.165, 1.54) is 50.5 Å². The van der Waals surface area contributed by atoms with Crippen LogP contribution in [0, 0.1) is 5.92 Å². The lowest BCUT2D eigenvalue weighted by molar-refractivity contribution is 0.454. The quantitative estimate of drug-likeness (QED) is 0.609. The summed E-state index contributed by atoms with van der Waals surface area (Å²) < 4.78 is 0. The smallest absolute Gasteiger partial charge is 0.0322 e. The molecule has 0 saturated heterocycles. The van der Waals surface area contributed by atoms with E-state index in [2.05, 4.69) is 49.5 Å². The van der Waals surface area contributed by atoms with E-state index in [-0.39, 0.29) is 0 Å². The van der Waals surface area contributed by atoms with E-state index in [9.17, 15) is 0 Å². The van der Waals surface area contributed by atoms with Crippen molar-refractivity contribution in [2.45, 2.75) is 70.9 Å². The standard InChI is InChI=1S/C18H29N/c1-3-5-7-13-17(15-11-8-6-9-12-15)19-18-14-16(18)10-4-2/h6,8-9,11-12,16-19H,3-5,7,10,13-14H2,1-2H3. The summed E-state index contributed by atoms with van der Waals surface area (Å²) in [6, 6.07) is 12.4. The van der Waals surface area contributed by atoms with Gasteiger partial charge >= 0.3 is 0 Å². The number of hydrogen-bond donors (Lipinski definition) is 1. The van der Waals surface area contributed by atoms with Gasteiger partial charge in [-0.2, -0.15) is 0 Å². The van der Waals surface area contributed by atoms with Gasteiger partial charge in [0.2, 0.25) is 0 Å². The Morgan fingerprint density at radius 1 is 1.11 bits per heavy atom. The molecule has 1 fully saturated rings. The van der Waals surface area contributed by atoms with E-state index in [1.807, 2.05) is 0 Å². The molecule has 106 valence electrons. The molecule has 0 spiro atoms. The third-order valence-electron chi connectivity index (χ3n) is 4.30. The van der Waals surface area contributed by atoms with Crippen molar-refractivity contribution in [1.82, 2.24) is 5.32 Å². The number of unbranched alkanes of at least 4 members (excludes halogenated alkanes) is 2. The van der Waals surface area contributed by atoms with E-state index in [4.69, 9.17) is 0 Å². The average molecular weight is 259 g/mol. The minimum Gasteiger partial charge on any atom is -0.307 e. The molecule has 1 heteroatoms. The van der Waals surface area contributed by atoms with Gasteiger partial charge in [-0.25, -0.2) is 0 Å². The van der Waals surface area contributed by atoms with Crippen LogP contribution in [0.25, 0.3) is 0 Å². The topological polar surface area (TPSA) is 12.0 Å². The monoisotopic (exact) mass is 259 g/mol. The molecule has 1 aliphatic carbocycles. The van der Waals surface area contributed by atoms with Crippen molar-refractivity contribution in [3.63, 3.8) is 0 Å². The van der Waals surface area contributed by atoms with Crippen molar-refractivity contribution in [2.24, 2.45) is 5.92 Å². The highest BCUT2D eigenvalue weighted by Gasteiger charge is 2.37. The first-order valence-corrected chi connectivity index (χ1v) is 8.16. The first-order chi connectivity index (χ1) is 9.35. The Labute approximate surface area is 118 Å². The molecule has 3 unspecified atom stereocenters. The molecule has 0 aromatic heterocycles. The summed E-state index contributed by atoms with van der Waals surface area (Å²) in [6.45, 7) is 4.58. The molecule has 1 aliphatic rings. The third-order valence-corrected chi connectivity index (χ3v) is 4.30. The van der Waals surface area contributed by atoms with Gasteiger partial charge in [-0.15, -0.1) is 0 Å². The Balaban J connectivity index is 1.87. The Hall–Kier alpha value is -0.820. The molecule has 2 rings (SSSR count).